The molecule has 2 aliphatic heterocycles. The van der Waals surface area contributed by atoms with E-state index in [9.17, 15) is 49.4 Å². The summed E-state index contributed by atoms with van der Waals surface area (Å²) in [6.45, 7) is 5.05. The second-order valence-corrected chi connectivity index (χ2v) is 16.0. The molecule has 3 amide bonds. The van der Waals surface area contributed by atoms with Gasteiger partial charge in [0.2, 0.25) is 17.7 Å². The van der Waals surface area contributed by atoms with E-state index < -0.39 is 77.3 Å². The second kappa shape index (κ2) is 26.3. The van der Waals surface area contributed by atoms with Crippen molar-refractivity contribution >= 4 is 41.3 Å². The number of carboxylic acids is 1. The van der Waals surface area contributed by atoms with Crippen molar-refractivity contribution in [2.24, 2.45) is 16.8 Å². The normalized spacial score (nSPS) is 19.4. The number of hydrogen-bond donors (Lipinski definition) is 5. The molecule has 5 N–H and O–H groups in total. The van der Waals surface area contributed by atoms with Crippen LogP contribution in [0, 0.1) is 11.8 Å². The number of aromatic hydroxyl groups is 1. The van der Waals surface area contributed by atoms with Gasteiger partial charge in [0, 0.05) is 43.5 Å². The third kappa shape index (κ3) is 16.7. The maximum Gasteiger partial charge on any atom is 0.328 e. The fraction of sp³-hybridized carbons (Fsp3) is 0.659. The molecular formula is C44H65N4O13-. The molecule has 0 saturated carbocycles. The van der Waals surface area contributed by atoms with Gasteiger partial charge < -0.3 is 30.1 Å². The lowest BCUT2D eigenvalue weighted by molar-refractivity contribution is -0.270. The smallest absolute Gasteiger partial charge is 0.328 e. The molecule has 0 spiro atoms. The van der Waals surface area contributed by atoms with Gasteiger partial charge in [-0.05, 0) is 76.8 Å². The Kier molecular flexibility index (Phi) is 21.7. The minimum Gasteiger partial charge on any atom is -0.869 e. The predicted octanol–water partition coefficient (Wildman–Crippen LogP) is 5.35. The highest BCUT2D eigenvalue weighted by atomic mass is 16.5. The largest absolute Gasteiger partial charge is 0.869 e. The van der Waals surface area contributed by atoms with Crippen LogP contribution in [-0.2, 0) is 38.2 Å². The molecule has 6 unspecified atom stereocenters. The number of ether oxygens (including phenoxy) is 2. The Bertz CT molecular complexity index is 1680. The van der Waals surface area contributed by atoms with Crippen LogP contribution in [0.5, 0.6) is 11.5 Å². The molecule has 1 fully saturated rings. The molecule has 17 nitrogen and oxygen atoms in total. The van der Waals surface area contributed by atoms with Gasteiger partial charge in [0.1, 0.15) is 29.8 Å². The number of allylic oxidation sites excluding steroid dienone is 1. The van der Waals surface area contributed by atoms with Crippen molar-refractivity contribution in [3.63, 3.8) is 0 Å². The summed E-state index contributed by atoms with van der Waals surface area (Å²) in [6.07, 6.45) is 12.3. The van der Waals surface area contributed by atoms with E-state index in [1.807, 2.05) is 0 Å². The number of ketones is 1. The first-order valence-corrected chi connectivity index (χ1v) is 21.8. The first kappa shape index (κ1) is 50.3. The van der Waals surface area contributed by atoms with Gasteiger partial charge in [0.25, 0.3) is 5.91 Å². The molecule has 1 aromatic rings. The minimum atomic E-state index is -1.24. The first-order chi connectivity index (χ1) is 29.1. The summed E-state index contributed by atoms with van der Waals surface area (Å²) in [4.78, 5) is 80.8. The van der Waals surface area contributed by atoms with Gasteiger partial charge in [-0.15, -0.1) is 0 Å². The molecule has 0 aliphatic carbocycles. The van der Waals surface area contributed by atoms with Gasteiger partial charge >= 0.3 is 11.9 Å². The zero-order valence-electron chi connectivity index (χ0n) is 35.8. The van der Waals surface area contributed by atoms with Crippen LogP contribution in [-0.4, -0.2) is 109 Å². The number of amides is 3. The average molecular weight is 858 g/mol. The second-order valence-electron chi connectivity index (χ2n) is 16.0. The highest BCUT2D eigenvalue weighted by Gasteiger charge is 2.38. The molecule has 1 aromatic carbocycles. The molecule has 340 valence electrons. The van der Waals surface area contributed by atoms with Crippen LogP contribution < -0.4 is 10.4 Å². The van der Waals surface area contributed by atoms with Crippen molar-refractivity contribution in [2.75, 3.05) is 13.1 Å². The molecule has 3 rings (SSSR count). The zero-order valence-corrected chi connectivity index (χ0v) is 35.8. The molecule has 0 radical (unpaired) electrons. The number of Topliss-reactive ketones (excluding diaryl/α,β-unsaturated/α-hetero) is 1. The molecule has 2 heterocycles. The van der Waals surface area contributed by atoms with Gasteiger partial charge in [-0.25, -0.2) is 19.9 Å². The number of rotatable bonds is 27. The zero-order chi connectivity index (χ0) is 44.9. The van der Waals surface area contributed by atoms with E-state index in [0.717, 1.165) is 44.9 Å². The Morgan fingerprint density at radius 1 is 1.05 bits per heavy atom. The van der Waals surface area contributed by atoms with Crippen LogP contribution in [0.2, 0.25) is 0 Å². The van der Waals surface area contributed by atoms with Crippen molar-refractivity contribution in [1.82, 2.24) is 15.4 Å². The summed E-state index contributed by atoms with van der Waals surface area (Å²) in [6, 6.07) is 1.65. The number of nitrogens with zero attached hydrogens (tertiary/aromatic N) is 3. The van der Waals surface area contributed by atoms with Crippen LogP contribution >= 0.6 is 0 Å². The number of phenols is 1. The first-order valence-electron chi connectivity index (χ1n) is 21.8. The van der Waals surface area contributed by atoms with Crippen molar-refractivity contribution < 1.29 is 64.0 Å². The number of carboxylic acid groups (broad SMARTS) is 1. The Morgan fingerprint density at radius 2 is 1.74 bits per heavy atom. The van der Waals surface area contributed by atoms with Gasteiger partial charge in [0.05, 0.1) is 5.92 Å². The fourth-order valence-corrected chi connectivity index (χ4v) is 7.39. The SMILES string of the molecule is CCC(OC(=O)C(CCCCN(O)C(=O)/C=C/CCCCCCCCCCC(=O)O)NC(=O)C1N=C(c2cccc(O)c2[O-])OC1C)C(C)C(=O)CC1CCCCN(O)C1=O. The number of nitrogens with one attached hydrogen (secondary N) is 1. The minimum absolute atomic E-state index is 0.0300. The number of aliphatic imine (C=N–C) groups is 1. The summed E-state index contributed by atoms with van der Waals surface area (Å²) in [5.41, 5.74) is -0.0348. The van der Waals surface area contributed by atoms with Gasteiger partial charge in [0.15, 0.2) is 6.04 Å². The molecule has 1 saturated heterocycles. The lowest BCUT2D eigenvalue weighted by Crippen LogP contribution is -2.49. The highest BCUT2D eigenvalue weighted by molar-refractivity contribution is 6.01. The number of esters is 1. The number of hydroxylamine groups is 4. The fourth-order valence-electron chi connectivity index (χ4n) is 7.39. The Labute approximate surface area is 358 Å². The maximum atomic E-state index is 13.8. The number of carbonyl (C=O) groups excluding carboxylic acids is 5. The molecular weight excluding hydrogens is 792 g/mol. The van der Waals surface area contributed by atoms with E-state index in [-0.39, 0.29) is 68.9 Å². The highest BCUT2D eigenvalue weighted by Crippen LogP contribution is 2.30. The number of benzene rings is 1. The molecule has 0 bridgehead atoms. The van der Waals surface area contributed by atoms with Crippen molar-refractivity contribution in [2.45, 2.75) is 161 Å². The van der Waals surface area contributed by atoms with Crippen LogP contribution in [0.4, 0.5) is 0 Å². The molecule has 0 aromatic heterocycles. The average Bonchev–Trinajstić information content (AvgIpc) is 3.55. The maximum absolute atomic E-state index is 13.8. The number of carbonyl (C=O) groups is 6. The Balaban J connectivity index is 1.58. The summed E-state index contributed by atoms with van der Waals surface area (Å²) in [5.74, 6) is -6.57. The number of unbranched alkanes of at least 4 members (excludes halogenated alkanes) is 9. The van der Waals surface area contributed by atoms with Crippen molar-refractivity contribution in [3.05, 3.63) is 35.9 Å². The predicted molar refractivity (Wildman–Crippen MR) is 220 cm³/mol. The van der Waals surface area contributed by atoms with E-state index in [2.05, 4.69) is 10.3 Å². The Hall–Kier alpha value is -5.03. The van der Waals surface area contributed by atoms with Crippen molar-refractivity contribution in [3.8, 4) is 11.5 Å². The lowest BCUT2D eigenvalue weighted by atomic mass is 9.88. The summed E-state index contributed by atoms with van der Waals surface area (Å²) in [7, 11) is 0. The molecule has 61 heavy (non-hydrogen) atoms. The number of phenolic OH excluding ortho intramolecular Hbond substituents is 1. The van der Waals surface area contributed by atoms with E-state index in [1.165, 1.54) is 24.3 Å². The Morgan fingerprint density at radius 3 is 2.43 bits per heavy atom. The van der Waals surface area contributed by atoms with Crippen LogP contribution in [0.25, 0.3) is 0 Å². The van der Waals surface area contributed by atoms with Crippen LogP contribution in [0.15, 0.2) is 35.3 Å². The summed E-state index contributed by atoms with van der Waals surface area (Å²) < 4.78 is 11.6. The quantitative estimate of drug-likeness (QED) is 0.0246. The molecule has 2 aliphatic rings. The van der Waals surface area contributed by atoms with Gasteiger partial charge in [-0.3, -0.25) is 34.4 Å². The molecule has 6 atom stereocenters. The standard InChI is InChI=1S/C44H66N4O13/c1-4-36(29(2)35(50)28-31-20-15-17-27-48(59)43(31)56)61-44(57)33(45-41(55)39-30(3)60-42(46-39)32-21-19-23-34(49)40(32)54)22-16-18-26-47(58)37(51)24-13-11-9-7-5-6-8-10-12-14-25-38(52)53/h13,19,21,23-24,29-31,33,36,39,49,54,58-59H,4-12,14-18,20,22,25-28H2,1-3H3,(H,45,55)(H,52,53)/p-1/b24-13+. The summed E-state index contributed by atoms with van der Waals surface area (Å²) in [5, 5.41) is 55.4. The third-order valence-electron chi connectivity index (χ3n) is 11.2. The monoisotopic (exact) mass is 857 g/mol. The van der Waals surface area contributed by atoms with E-state index in [4.69, 9.17) is 14.6 Å². The van der Waals surface area contributed by atoms with E-state index in [1.54, 1.807) is 26.8 Å². The van der Waals surface area contributed by atoms with E-state index in [0.29, 0.717) is 42.2 Å². The van der Waals surface area contributed by atoms with Gasteiger partial charge in [-0.1, -0.05) is 76.7 Å². The van der Waals surface area contributed by atoms with Crippen LogP contribution in [0.3, 0.4) is 0 Å². The number of aliphatic carboxylic acids is 1. The van der Waals surface area contributed by atoms with Crippen molar-refractivity contribution in [1.29, 1.82) is 0 Å². The third-order valence-corrected chi connectivity index (χ3v) is 11.2. The molecule has 17 heteroatoms. The lowest BCUT2D eigenvalue weighted by Gasteiger charge is -2.27. The number of para-hydroxylation sites is 1. The number of hydrogen-bond acceptors (Lipinski definition) is 13. The van der Waals surface area contributed by atoms with E-state index >= 15 is 0 Å². The van der Waals surface area contributed by atoms with Gasteiger partial charge in [-0.2, -0.15) is 0 Å². The van der Waals surface area contributed by atoms with Crippen LogP contribution in [0.1, 0.15) is 142 Å². The summed E-state index contributed by atoms with van der Waals surface area (Å²) >= 11 is 0. The topological polar surface area (TPSA) is 256 Å².